The molecular formula is C15H16BrN3. The second kappa shape index (κ2) is 4.70. The smallest absolute Gasteiger partial charge is 0.211 e. The standard InChI is InChI=1S/C15H15N3.BrH/c1-8-5-13(17)12-7-18-14-4-3-10(16)6-11(14)15(12)9(8)2;/h3-7H,16-17H2,1-2H3;1H. The van der Waals surface area contributed by atoms with Crippen LogP contribution in [0.5, 0.6) is 0 Å². The van der Waals surface area contributed by atoms with E-state index in [4.69, 9.17) is 11.5 Å². The monoisotopic (exact) mass is 317 g/mol. The fourth-order valence-corrected chi connectivity index (χ4v) is 2.51. The predicted molar refractivity (Wildman–Crippen MR) is 76.3 cm³/mol. The number of aromatic nitrogens is 1. The SMILES string of the molecule is Cc1cc(N)c2c[nH+]c3ccc(N)cc3c2c1C.[Br-]. The van der Waals surface area contributed by atoms with Crippen molar-refractivity contribution in [3.63, 3.8) is 0 Å². The first-order valence-electron chi connectivity index (χ1n) is 5.97. The molecule has 5 N–H and O–H groups in total. The van der Waals surface area contributed by atoms with Crippen molar-refractivity contribution in [2.45, 2.75) is 13.8 Å². The highest BCUT2D eigenvalue weighted by molar-refractivity contribution is 6.10. The minimum atomic E-state index is 0. The van der Waals surface area contributed by atoms with Gasteiger partial charge in [-0.2, -0.15) is 0 Å². The van der Waals surface area contributed by atoms with Crippen molar-refractivity contribution in [3.8, 4) is 0 Å². The number of benzene rings is 2. The normalized spacial score (nSPS) is 10.6. The number of rotatable bonds is 0. The van der Waals surface area contributed by atoms with E-state index in [1.54, 1.807) is 0 Å². The van der Waals surface area contributed by atoms with Crippen molar-refractivity contribution in [2.24, 2.45) is 0 Å². The molecule has 0 bridgehead atoms. The van der Waals surface area contributed by atoms with Gasteiger partial charge < -0.3 is 28.4 Å². The maximum absolute atomic E-state index is 6.10. The number of nitrogens with two attached hydrogens (primary N) is 2. The van der Waals surface area contributed by atoms with Crippen LogP contribution in [-0.4, -0.2) is 0 Å². The Balaban J connectivity index is 0.00000133. The van der Waals surface area contributed by atoms with E-state index >= 15 is 0 Å². The van der Waals surface area contributed by atoms with Crippen molar-refractivity contribution >= 4 is 33.1 Å². The van der Waals surface area contributed by atoms with Gasteiger partial charge in [-0.3, -0.25) is 0 Å². The van der Waals surface area contributed by atoms with Crippen LogP contribution < -0.4 is 33.4 Å². The lowest BCUT2D eigenvalue weighted by Gasteiger charge is -2.09. The fourth-order valence-electron chi connectivity index (χ4n) is 2.51. The number of H-pyrrole nitrogens is 1. The van der Waals surface area contributed by atoms with E-state index in [0.29, 0.717) is 0 Å². The van der Waals surface area contributed by atoms with Gasteiger partial charge in [0.1, 0.15) is 0 Å². The molecule has 3 rings (SSSR count). The van der Waals surface area contributed by atoms with E-state index < -0.39 is 0 Å². The Bertz CT molecular complexity index is 781. The first-order chi connectivity index (χ1) is 8.58. The minimum Gasteiger partial charge on any atom is -1.00 e. The van der Waals surface area contributed by atoms with E-state index in [0.717, 1.165) is 27.7 Å². The Morgan fingerprint density at radius 3 is 2.47 bits per heavy atom. The molecule has 1 aromatic heterocycles. The molecule has 4 heteroatoms. The van der Waals surface area contributed by atoms with Gasteiger partial charge in [0.2, 0.25) is 5.52 Å². The van der Waals surface area contributed by atoms with Crippen molar-refractivity contribution < 1.29 is 22.0 Å². The summed E-state index contributed by atoms with van der Waals surface area (Å²) < 4.78 is 0. The molecule has 0 saturated heterocycles. The van der Waals surface area contributed by atoms with Crippen molar-refractivity contribution in [1.82, 2.24) is 0 Å². The molecule has 0 aliphatic carbocycles. The molecule has 1 heterocycles. The van der Waals surface area contributed by atoms with Crippen LogP contribution in [0.15, 0.2) is 30.5 Å². The Morgan fingerprint density at radius 1 is 1.00 bits per heavy atom. The molecule has 2 aromatic carbocycles. The van der Waals surface area contributed by atoms with Crippen molar-refractivity contribution in [3.05, 3.63) is 41.6 Å². The van der Waals surface area contributed by atoms with Gasteiger partial charge in [-0.1, -0.05) is 0 Å². The third kappa shape index (κ3) is 2.02. The van der Waals surface area contributed by atoms with Crippen LogP contribution in [0.25, 0.3) is 21.7 Å². The van der Waals surface area contributed by atoms with Gasteiger partial charge >= 0.3 is 0 Å². The number of anilines is 2. The third-order valence-corrected chi connectivity index (χ3v) is 3.60. The summed E-state index contributed by atoms with van der Waals surface area (Å²) in [5.41, 5.74) is 17.1. The van der Waals surface area contributed by atoms with Crippen LogP contribution in [0.2, 0.25) is 0 Å². The molecule has 0 saturated carbocycles. The van der Waals surface area contributed by atoms with Crippen LogP contribution in [0.1, 0.15) is 11.1 Å². The highest BCUT2D eigenvalue weighted by Gasteiger charge is 2.13. The lowest BCUT2D eigenvalue weighted by Crippen LogP contribution is -3.00. The number of hydrogen-bond donors (Lipinski definition) is 2. The molecule has 3 aromatic rings. The molecule has 19 heavy (non-hydrogen) atoms. The molecule has 0 spiro atoms. The fraction of sp³-hybridized carbons (Fsp3) is 0.133. The Labute approximate surface area is 122 Å². The zero-order valence-electron chi connectivity index (χ0n) is 10.9. The van der Waals surface area contributed by atoms with Gasteiger partial charge in [0, 0.05) is 22.8 Å². The van der Waals surface area contributed by atoms with Crippen LogP contribution in [0, 0.1) is 13.8 Å². The first kappa shape index (κ1) is 13.6. The van der Waals surface area contributed by atoms with E-state index in [9.17, 15) is 0 Å². The summed E-state index contributed by atoms with van der Waals surface area (Å²) in [6.45, 7) is 4.21. The van der Waals surface area contributed by atoms with E-state index in [2.05, 4.69) is 18.8 Å². The molecule has 0 unspecified atom stereocenters. The van der Waals surface area contributed by atoms with Gasteiger partial charge in [0.15, 0.2) is 6.20 Å². The van der Waals surface area contributed by atoms with Crippen LogP contribution in [-0.2, 0) is 0 Å². The van der Waals surface area contributed by atoms with E-state index in [-0.39, 0.29) is 17.0 Å². The van der Waals surface area contributed by atoms with E-state index in [1.165, 1.54) is 16.5 Å². The highest BCUT2D eigenvalue weighted by Crippen LogP contribution is 2.31. The number of aromatic amines is 1. The van der Waals surface area contributed by atoms with Gasteiger partial charge in [-0.05, 0) is 43.2 Å². The largest absolute Gasteiger partial charge is 1.00 e. The third-order valence-electron chi connectivity index (χ3n) is 3.60. The second-order valence-corrected chi connectivity index (χ2v) is 4.79. The van der Waals surface area contributed by atoms with E-state index in [1.807, 2.05) is 30.5 Å². The number of hydrogen-bond acceptors (Lipinski definition) is 2. The maximum atomic E-state index is 6.10. The topological polar surface area (TPSA) is 66.2 Å². The molecule has 0 aliphatic heterocycles. The summed E-state index contributed by atoms with van der Waals surface area (Å²) in [5, 5.41) is 3.37. The number of aryl methyl sites for hydroxylation is 2. The molecule has 0 fully saturated rings. The number of fused-ring (bicyclic) bond motifs is 3. The van der Waals surface area contributed by atoms with Gasteiger partial charge in [0.05, 0.1) is 10.8 Å². The number of nitrogens with one attached hydrogen (secondary N) is 1. The summed E-state index contributed by atoms with van der Waals surface area (Å²) in [5.74, 6) is 0. The zero-order valence-corrected chi connectivity index (χ0v) is 12.5. The zero-order chi connectivity index (χ0) is 12.9. The molecule has 0 radical (unpaired) electrons. The second-order valence-electron chi connectivity index (χ2n) is 4.79. The summed E-state index contributed by atoms with van der Waals surface area (Å²) in [6, 6.07) is 7.92. The predicted octanol–water partition coefficient (Wildman–Crippen LogP) is -0.408. The summed E-state index contributed by atoms with van der Waals surface area (Å²) in [4.78, 5) is 3.27. The average molecular weight is 318 g/mol. The molecule has 0 atom stereocenters. The molecular weight excluding hydrogens is 302 g/mol. The average Bonchev–Trinajstić information content (AvgIpc) is 2.34. The minimum absolute atomic E-state index is 0. The lowest BCUT2D eigenvalue weighted by atomic mass is 9.97. The van der Waals surface area contributed by atoms with Gasteiger partial charge in [-0.15, -0.1) is 0 Å². The summed E-state index contributed by atoms with van der Waals surface area (Å²) in [7, 11) is 0. The summed E-state index contributed by atoms with van der Waals surface area (Å²) >= 11 is 0. The number of pyridine rings is 1. The summed E-state index contributed by atoms with van der Waals surface area (Å²) in [6.07, 6.45) is 1.97. The number of nitrogen functional groups attached to an aromatic ring is 2. The molecule has 3 nitrogen and oxygen atoms in total. The first-order valence-corrected chi connectivity index (χ1v) is 5.97. The molecule has 98 valence electrons. The lowest BCUT2D eigenvalue weighted by molar-refractivity contribution is -0.342. The highest BCUT2D eigenvalue weighted by atomic mass is 79.9. The van der Waals surface area contributed by atoms with Crippen LogP contribution >= 0.6 is 0 Å². The van der Waals surface area contributed by atoms with Crippen LogP contribution in [0.4, 0.5) is 11.4 Å². The quantitative estimate of drug-likeness (QED) is 0.437. The number of halogens is 1. The van der Waals surface area contributed by atoms with Gasteiger partial charge in [-0.25, -0.2) is 4.98 Å². The molecule has 0 aliphatic rings. The van der Waals surface area contributed by atoms with Crippen molar-refractivity contribution in [1.29, 1.82) is 0 Å². The Hall–Kier alpha value is -1.81. The maximum Gasteiger partial charge on any atom is 0.211 e. The Kier molecular flexibility index (Phi) is 3.37. The Morgan fingerprint density at radius 2 is 1.74 bits per heavy atom. The van der Waals surface area contributed by atoms with Gasteiger partial charge in [0.25, 0.3) is 0 Å². The van der Waals surface area contributed by atoms with Crippen LogP contribution in [0.3, 0.4) is 0 Å². The van der Waals surface area contributed by atoms with Crippen molar-refractivity contribution in [2.75, 3.05) is 11.5 Å². The molecule has 0 amide bonds.